The zero-order chi connectivity index (χ0) is 11.9. The minimum absolute atomic E-state index is 0.0220. The Balaban J connectivity index is 1.62. The summed E-state index contributed by atoms with van der Waals surface area (Å²) >= 11 is 0. The maximum atomic E-state index is 11.9. The molecule has 1 unspecified atom stereocenters. The van der Waals surface area contributed by atoms with Gasteiger partial charge in [-0.15, -0.1) is 0 Å². The van der Waals surface area contributed by atoms with Crippen molar-refractivity contribution in [1.82, 2.24) is 5.32 Å². The summed E-state index contributed by atoms with van der Waals surface area (Å²) in [6.45, 7) is 1.59. The van der Waals surface area contributed by atoms with Gasteiger partial charge in [0.1, 0.15) is 6.04 Å². The van der Waals surface area contributed by atoms with Crippen LogP contribution in [-0.4, -0.2) is 25.2 Å². The first kappa shape index (κ1) is 12.9. The van der Waals surface area contributed by atoms with Gasteiger partial charge in [-0.3, -0.25) is 4.79 Å². The molecule has 3 heteroatoms. The molecular weight excluding hydrogens is 214 g/mol. The molecule has 2 aliphatic rings. The van der Waals surface area contributed by atoms with E-state index in [4.69, 9.17) is 4.74 Å². The van der Waals surface area contributed by atoms with Gasteiger partial charge in [-0.1, -0.05) is 38.5 Å². The Morgan fingerprint density at radius 1 is 1.06 bits per heavy atom. The van der Waals surface area contributed by atoms with Crippen molar-refractivity contribution in [3.05, 3.63) is 0 Å². The molecule has 0 amide bonds. The Morgan fingerprint density at radius 2 is 1.88 bits per heavy atom. The molecule has 1 aliphatic carbocycles. The molecule has 3 nitrogen and oxygen atoms in total. The highest BCUT2D eigenvalue weighted by molar-refractivity contribution is 5.75. The summed E-state index contributed by atoms with van der Waals surface area (Å²) < 4.78 is 5.38. The van der Waals surface area contributed by atoms with Crippen molar-refractivity contribution in [1.29, 1.82) is 0 Å². The van der Waals surface area contributed by atoms with Crippen LogP contribution in [0.4, 0.5) is 0 Å². The number of hydrogen-bond acceptors (Lipinski definition) is 3. The van der Waals surface area contributed by atoms with Crippen LogP contribution >= 0.6 is 0 Å². The summed E-state index contributed by atoms with van der Waals surface area (Å²) in [6, 6.07) is -0.0447. The van der Waals surface area contributed by atoms with Gasteiger partial charge in [0.2, 0.25) is 0 Å². The Labute approximate surface area is 104 Å². The van der Waals surface area contributed by atoms with Crippen LogP contribution in [0.25, 0.3) is 0 Å². The van der Waals surface area contributed by atoms with Gasteiger partial charge in [-0.05, 0) is 31.7 Å². The maximum absolute atomic E-state index is 11.9. The lowest BCUT2D eigenvalue weighted by molar-refractivity contribution is -0.147. The number of rotatable bonds is 4. The third-order valence-corrected chi connectivity index (χ3v) is 4.09. The minimum atomic E-state index is -0.0447. The van der Waals surface area contributed by atoms with Crippen LogP contribution in [0.1, 0.15) is 57.8 Å². The van der Waals surface area contributed by atoms with E-state index in [1.54, 1.807) is 0 Å². The van der Waals surface area contributed by atoms with Crippen LogP contribution in [0, 0.1) is 5.92 Å². The molecule has 0 spiro atoms. The second kappa shape index (κ2) is 7.00. The first-order chi connectivity index (χ1) is 8.36. The van der Waals surface area contributed by atoms with Crippen molar-refractivity contribution in [2.45, 2.75) is 63.8 Å². The van der Waals surface area contributed by atoms with Gasteiger partial charge in [0, 0.05) is 0 Å². The Hall–Kier alpha value is -0.570. The first-order valence-electron chi connectivity index (χ1n) is 7.26. The largest absolute Gasteiger partial charge is 0.465 e. The first-order valence-corrected chi connectivity index (χ1v) is 7.26. The van der Waals surface area contributed by atoms with Gasteiger partial charge < -0.3 is 10.1 Å². The van der Waals surface area contributed by atoms with Crippen LogP contribution in [-0.2, 0) is 9.53 Å². The predicted molar refractivity (Wildman–Crippen MR) is 67.8 cm³/mol. The summed E-state index contributed by atoms with van der Waals surface area (Å²) in [6.07, 6.45) is 10.9. The normalized spacial score (nSPS) is 26.7. The van der Waals surface area contributed by atoms with E-state index in [9.17, 15) is 4.79 Å². The number of nitrogens with one attached hydrogen (secondary N) is 1. The Bertz CT molecular complexity index is 230. The molecule has 0 aromatic carbocycles. The molecule has 1 aliphatic heterocycles. The summed E-state index contributed by atoms with van der Waals surface area (Å²) in [7, 11) is 0. The lowest BCUT2D eigenvalue weighted by Crippen LogP contribution is -2.39. The molecule has 1 saturated carbocycles. The maximum Gasteiger partial charge on any atom is 0.323 e. The summed E-state index contributed by atoms with van der Waals surface area (Å²) in [5, 5.41) is 3.31. The number of esters is 1. The molecule has 1 saturated heterocycles. The van der Waals surface area contributed by atoms with E-state index in [-0.39, 0.29) is 12.0 Å². The Kier molecular flexibility index (Phi) is 5.30. The molecular formula is C14H25NO2. The van der Waals surface area contributed by atoms with E-state index in [0.717, 1.165) is 31.7 Å². The topological polar surface area (TPSA) is 38.3 Å². The quantitative estimate of drug-likeness (QED) is 0.766. The van der Waals surface area contributed by atoms with Crippen molar-refractivity contribution < 1.29 is 9.53 Å². The predicted octanol–water partition coefficient (Wildman–Crippen LogP) is 2.64. The minimum Gasteiger partial charge on any atom is -0.465 e. The molecule has 0 radical (unpaired) electrons. The number of carbonyl (C=O) groups is 1. The van der Waals surface area contributed by atoms with Crippen LogP contribution in [0.2, 0.25) is 0 Å². The number of ether oxygens (including phenoxy) is 1. The van der Waals surface area contributed by atoms with Crippen molar-refractivity contribution in [3.8, 4) is 0 Å². The molecule has 17 heavy (non-hydrogen) atoms. The smallest absolute Gasteiger partial charge is 0.323 e. The van der Waals surface area contributed by atoms with Crippen LogP contribution < -0.4 is 5.32 Å². The van der Waals surface area contributed by atoms with Crippen LogP contribution in [0.3, 0.4) is 0 Å². The highest BCUT2D eigenvalue weighted by Gasteiger charge is 2.21. The zero-order valence-electron chi connectivity index (χ0n) is 10.7. The molecule has 1 atom stereocenters. The average Bonchev–Trinajstić information content (AvgIpc) is 2.21. The van der Waals surface area contributed by atoms with E-state index in [2.05, 4.69) is 5.32 Å². The monoisotopic (exact) mass is 239 g/mol. The highest BCUT2D eigenvalue weighted by atomic mass is 16.5. The standard InChI is InChI=1S/C14H25NO2/c16-14(17-11-9-12-6-5-7-12)13-8-3-1-2-4-10-15-13/h12-13,15H,1-11H2. The fraction of sp³-hybridized carbons (Fsp3) is 0.929. The fourth-order valence-corrected chi connectivity index (χ4v) is 2.61. The molecule has 0 aromatic heterocycles. The van der Waals surface area contributed by atoms with E-state index in [1.807, 2.05) is 0 Å². The van der Waals surface area contributed by atoms with Crippen LogP contribution in [0.15, 0.2) is 0 Å². The molecule has 0 bridgehead atoms. The van der Waals surface area contributed by atoms with E-state index in [0.29, 0.717) is 6.61 Å². The molecule has 98 valence electrons. The SMILES string of the molecule is O=C(OCCC1CCC1)C1CCCCCCN1. The fourth-order valence-electron chi connectivity index (χ4n) is 2.61. The average molecular weight is 239 g/mol. The van der Waals surface area contributed by atoms with Gasteiger partial charge in [-0.25, -0.2) is 0 Å². The van der Waals surface area contributed by atoms with Crippen molar-refractivity contribution >= 4 is 5.97 Å². The summed E-state index contributed by atoms with van der Waals surface area (Å²) in [4.78, 5) is 11.9. The van der Waals surface area contributed by atoms with Gasteiger partial charge in [0.05, 0.1) is 6.61 Å². The highest BCUT2D eigenvalue weighted by Crippen LogP contribution is 2.29. The summed E-state index contributed by atoms with van der Waals surface area (Å²) in [5.41, 5.74) is 0. The van der Waals surface area contributed by atoms with Gasteiger partial charge >= 0.3 is 5.97 Å². The van der Waals surface area contributed by atoms with Crippen molar-refractivity contribution in [3.63, 3.8) is 0 Å². The Morgan fingerprint density at radius 3 is 2.65 bits per heavy atom. The second-order valence-electron chi connectivity index (χ2n) is 5.46. The third-order valence-electron chi connectivity index (χ3n) is 4.09. The van der Waals surface area contributed by atoms with Gasteiger partial charge in [0.15, 0.2) is 0 Å². The van der Waals surface area contributed by atoms with Crippen molar-refractivity contribution in [2.75, 3.05) is 13.2 Å². The molecule has 1 N–H and O–H groups in total. The third kappa shape index (κ3) is 4.30. The number of hydrogen-bond donors (Lipinski definition) is 1. The van der Waals surface area contributed by atoms with Gasteiger partial charge in [-0.2, -0.15) is 0 Å². The zero-order valence-corrected chi connectivity index (χ0v) is 10.7. The van der Waals surface area contributed by atoms with Gasteiger partial charge in [0.25, 0.3) is 0 Å². The second-order valence-corrected chi connectivity index (χ2v) is 5.46. The van der Waals surface area contributed by atoms with E-state index < -0.39 is 0 Å². The summed E-state index contributed by atoms with van der Waals surface area (Å²) in [5.74, 6) is 0.805. The number of carbonyl (C=O) groups excluding carboxylic acids is 1. The molecule has 2 rings (SSSR count). The lowest BCUT2D eigenvalue weighted by Gasteiger charge is -2.25. The van der Waals surface area contributed by atoms with Crippen molar-refractivity contribution in [2.24, 2.45) is 5.92 Å². The van der Waals surface area contributed by atoms with E-state index in [1.165, 1.54) is 38.5 Å². The molecule has 0 aromatic rings. The van der Waals surface area contributed by atoms with E-state index >= 15 is 0 Å². The van der Waals surface area contributed by atoms with Crippen LogP contribution in [0.5, 0.6) is 0 Å². The lowest BCUT2D eigenvalue weighted by atomic mass is 9.83. The molecule has 2 fully saturated rings. The molecule has 1 heterocycles.